The molecule has 2 N–H and O–H groups in total. The number of nitrogens with zero attached hydrogens (tertiary/aromatic N) is 1. The van der Waals surface area contributed by atoms with Crippen LogP contribution in [0.1, 0.15) is 34.8 Å². The number of hydrogen-bond acceptors (Lipinski definition) is 2. The number of rotatable bonds is 2. The fraction of sp³-hybridized carbons (Fsp3) is 0.562. The highest BCUT2D eigenvalue weighted by atomic mass is 16.2. The van der Waals surface area contributed by atoms with E-state index in [0.29, 0.717) is 18.4 Å². The average molecular weight is 260 g/mol. The van der Waals surface area contributed by atoms with E-state index in [9.17, 15) is 4.79 Å². The maximum atomic E-state index is 12.6. The smallest absolute Gasteiger partial charge is 0.253 e. The van der Waals surface area contributed by atoms with Crippen molar-refractivity contribution in [3.63, 3.8) is 0 Å². The van der Waals surface area contributed by atoms with Gasteiger partial charge < -0.3 is 10.6 Å². The molecule has 1 fully saturated rings. The van der Waals surface area contributed by atoms with E-state index in [0.717, 1.165) is 36.2 Å². The van der Waals surface area contributed by atoms with Crippen LogP contribution in [0.15, 0.2) is 18.2 Å². The Morgan fingerprint density at radius 3 is 2.53 bits per heavy atom. The van der Waals surface area contributed by atoms with Crippen molar-refractivity contribution in [1.29, 1.82) is 0 Å². The third-order valence-corrected chi connectivity index (χ3v) is 4.17. The van der Waals surface area contributed by atoms with E-state index in [2.05, 4.69) is 13.0 Å². The van der Waals surface area contributed by atoms with Crippen LogP contribution in [0, 0.1) is 25.7 Å². The molecule has 2 rings (SSSR count). The van der Waals surface area contributed by atoms with Gasteiger partial charge in [-0.2, -0.15) is 0 Å². The molecule has 2 unspecified atom stereocenters. The van der Waals surface area contributed by atoms with Crippen LogP contribution in [-0.2, 0) is 0 Å². The van der Waals surface area contributed by atoms with Crippen molar-refractivity contribution in [3.05, 3.63) is 34.9 Å². The summed E-state index contributed by atoms with van der Waals surface area (Å²) >= 11 is 0. The molecule has 0 aliphatic carbocycles. The zero-order chi connectivity index (χ0) is 14.0. The number of likely N-dealkylation sites (tertiary alicyclic amines) is 1. The lowest BCUT2D eigenvalue weighted by atomic mass is 9.87. The molecule has 1 aromatic carbocycles. The normalized spacial score (nSPS) is 23.5. The molecule has 0 saturated carbocycles. The first-order valence-corrected chi connectivity index (χ1v) is 7.09. The zero-order valence-corrected chi connectivity index (χ0v) is 12.1. The number of amides is 1. The maximum Gasteiger partial charge on any atom is 0.253 e. The Hall–Kier alpha value is -1.35. The molecule has 1 saturated heterocycles. The van der Waals surface area contributed by atoms with Crippen LogP contribution in [0.3, 0.4) is 0 Å². The van der Waals surface area contributed by atoms with Crippen molar-refractivity contribution in [3.8, 4) is 0 Å². The fourth-order valence-corrected chi connectivity index (χ4v) is 2.92. The van der Waals surface area contributed by atoms with Crippen LogP contribution in [0.25, 0.3) is 0 Å². The van der Waals surface area contributed by atoms with Crippen LogP contribution in [0.4, 0.5) is 0 Å². The van der Waals surface area contributed by atoms with Crippen LogP contribution in [0.5, 0.6) is 0 Å². The average Bonchev–Trinajstić information content (AvgIpc) is 2.37. The molecule has 1 aliphatic rings. The number of hydrogen-bond donors (Lipinski definition) is 1. The van der Waals surface area contributed by atoms with Crippen LogP contribution in [-0.4, -0.2) is 30.4 Å². The molecule has 1 aliphatic heterocycles. The molecule has 0 radical (unpaired) electrons. The van der Waals surface area contributed by atoms with E-state index >= 15 is 0 Å². The number of benzene rings is 1. The van der Waals surface area contributed by atoms with E-state index in [1.165, 1.54) is 0 Å². The molecule has 1 aromatic rings. The largest absolute Gasteiger partial charge is 0.338 e. The van der Waals surface area contributed by atoms with Crippen LogP contribution < -0.4 is 5.73 Å². The lowest BCUT2D eigenvalue weighted by molar-refractivity contribution is 0.0618. The third-order valence-electron chi connectivity index (χ3n) is 4.17. The summed E-state index contributed by atoms with van der Waals surface area (Å²) in [5.74, 6) is 1.20. The Labute approximate surface area is 115 Å². The van der Waals surface area contributed by atoms with Gasteiger partial charge in [0.05, 0.1) is 0 Å². The number of aryl methyl sites for hydroxylation is 2. The standard InChI is InChI=1S/C16H24N2O/c1-11-6-12(2)8-14(7-11)16(19)18-5-4-13(3)15(9-17)10-18/h6-8,13,15H,4-5,9-10,17H2,1-3H3. The number of carbonyl (C=O) groups excluding carboxylic acids is 1. The summed E-state index contributed by atoms with van der Waals surface area (Å²) in [4.78, 5) is 14.5. The van der Waals surface area contributed by atoms with Crippen molar-refractivity contribution in [1.82, 2.24) is 4.90 Å². The maximum absolute atomic E-state index is 12.6. The second kappa shape index (κ2) is 5.74. The monoisotopic (exact) mass is 260 g/mol. The molecule has 19 heavy (non-hydrogen) atoms. The molecule has 2 atom stereocenters. The summed E-state index contributed by atoms with van der Waals surface area (Å²) in [6.07, 6.45) is 1.05. The van der Waals surface area contributed by atoms with Gasteiger partial charge in [0.15, 0.2) is 0 Å². The van der Waals surface area contributed by atoms with E-state index in [1.54, 1.807) is 0 Å². The van der Waals surface area contributed by atoms with Gasteiger partial charge in [-0.3, -0.25) is 4.79 Å². The lowest BCUT2D eigenvalue weighted by Crippen LogP contribution is -2.45. The molecular weight excluding hydrogens is 236 g/mol. The Morgan fingerprint density at radius 2 is 1.95 bits per heavy atom. The lowest BCUT2D eigenvalue weighted by Gasteiger charge is -2.36. The Bertz CT molecular complexity index is 450. The third kappa shape index (κ3) is 3.16. The van der Waals surface area contributed by atoms with Gasteiger partial charge in [-0.25, -0.2) is 0 Å². The quantitative estimate of drug-likeness (QED) is 0.887. The second-order valence-corrected chi connectivity index (χ2v) is 5.89. The molecule has 104 valence electrons. The highest BCUT2D eigenvalue weighted by molar-refractivity contribution is 5.94. The van der Waals surface area contributed by atoms with E-state index in [-0.39, 0.29) is 5.91 Å². The van der Waals surface area contributed by atoms with Gasteiger partial charge in [0.1, 0.15) is 0 Å². The summed E-state index contributed by atoms with van der Waals surface area (Å²) in [5, 5.41) is 0. The SMILES string of the molecule is Cc1cc(C)cc(C(=O)N2CCC(C)C(CN)C2)c1. The first kappa shape index (κ1) is 14.1. The van der Waals surface area contributed by atoms with Crippen molar-refractivity contribution < 1.29 is 4.79 Å². The molecule has 3 heteroatoms. The van der Waals surface area contributed by atoms with Crippen molar-refractivity contribution in [2.75, 3.05) is 19.6 Å². The fourth-order valence-electron chi connectivity index (χ4n) is 2.92. The Balaban J connectivity index is 2.15. The number of nitrogens with two attached hydrogens (primary N) is 1. The molecule has 3 nitrogen and oxygen atoms in total. The molecule has 0 spiro atoms. The first-order chi connectivity index (χ1) is 9.01. The molecule has 0 aromatic heterocycles. The molecule has 1 amide bonds. The Morgan fingerprint density at radius 1 is 1.32 bits per heavy atom. The van der Waals surface area contributed by atoms with Gasteiger partial charge >= 0.3 is 0 Å². The predicted octanol–water partition coefficient (Wildman–Crippen LogP) is 2.36. The summed E-state index contributed by atoms with van der Waals surface area (Å²) in [6, 6.07) is 6.05. The number of carbonyl (C=O) groups is 1. The summed E-state index contributed by atoms with van der Waals surface area (Å²) in [5.41, 5.74) is 8.90. The first-order valence-electron chi connectivity index (χ1n) is 7.09. The van der Waals surface area contributed by atoms with Gasteiger partial charge in [0.2, 0.25) is 0 Å². The van der Waals surface area contributed by atoms with Gasteiger partial charge in [-0.15, -0.1) is 0 Å². The Kier molecular flexibility index (Phi) is 4.25. The van der Waals surface area contributed by atoms with E-state index in [4.69, 9.17) is 5.73 Å². The highest BCUT2D eigenvalue weighted by Crippen LogP contribution is 2.24. The topological polar surface area (TPSA) is 46.3 Å². The number of piperidine rings is 1. The van der Waals surface area contributed by atoms with Crippen LogP contribution >= 0.6 is 0 Å². The highest BCUT2D eigenvalue weighted by Gasteiger charge is 2.28. The molecule has 0 bridgehead atoms. The minimum atomic E-state index is 0.150. The zero-order valence-electron chi connectivity index (χ0n) is 12.1. The van der Waals surface area contributed by atoms with Gasteiger partial charge in [-0.05, 0) is 50.8 Å². The van der Waals surface area contributed by atoms with Crippen molar-refractivity contribution >= 4 is 5.91 Å². The summed E-state index contributed by atoms with van der Waals surface area (Å²) in [7, 11) is 0. The second-order valence-electron chi connectivity index (χ2n) is 5.89. The van der Waals surface area contributed by atoms with Crippen molar-refractivity contribution in [2.45, 2.75) is 27.2 Å². The summed E-state index contributed by atoms with van der Waals surface area (Å²) in [6.45, 7) is 8.61. The van der Waals surface area contributed by atoms with Crippen molar-refractivity contribution in [2.24, 2.45) is 17.6 Å². The minimum absolute atomic E-state index is 0.150. The molecule has 1 heterocycles. The van der Waals surface area contributed by atoms with E-state index in [1.807, 2.05) is 30.9 Å². The van der Waals surface area contributed by atoms with Gasteiger partial charge in [-0.1, -0.05) is 24.1 Å². The van der Waals surface area contributed by atoms with Gasteiger partial charge in [0.25, 0.3) is 5.91 Å². The van der Waals surface area contributed by atoms with E-state index < -0.39 is 0 Å². The molecular formula is C16H24N2O. The van der Waals surface area contributed by atoms with Gasteiger partial charge in [0, 0.05) is 18.7 Å². The predicted molar refractivity (Wildman–Crippen MR) is 78.1 cm³/mol. The summed E-state index contributed by atoms with van der Waals surface area (Å²) < 4.78 is 0. The van der Waals surface area contributed by atoms with Crippen LogP contribution in [0.2, 0.25) is 0 Å². The minimum Gasteiger partial charge on any atom is -0.338 e.